The maximum Gasteiger partial charge on any atom is 0.193 e. The van der Waals surface area contributed by atoms with Crippen LogP contribution in [0.2, 0.25) is 0 Å². The van der Waals surface area contributed by atoms with Crippen molar-refractivity contribution in [2.75, 3.05) is 40.0 Å². The minimum Gasteiger partial charge on any atom is -0.491 e. The smallest absolute Gasteiger partial charge is 0.193 e. The normalized spacial score (nSPS) is 20.6. The van der Waals surface area contributed by atoms with Crippen LogP contribution < -0.4 is 10.1 Å². The number of nitrogens with zero attached hydrogens (tertiary/aromatic N) is 2. The molecule has 0 spiro atoms. The van der Waals surface area contributed by atoms with Crippen molar-refractivity contribution in [3.63, 3.8) is 0 Å². The van der Waals surface area contributed by atoms with Gasteiger partial charge in [0.05, 0.1) is 25.4 Å². The highest BCUT2D eigenvalue weighted by atomic mass is 127. The van der Waals surface area contributed by atoms with Crippen molar-refractivity contribution >= 4 is 29.9 Å². The van der Waals surface area contributed by atoms with Crippen molar-refractivity contribution in [3.8, 4) is 5.75 Å². The molecule has 0 aromatic heterocycles. The van der Waals surface area contributed by atoms with Gasteiger partial charge in [-0.05, 0) is 56.7 Å². The molecule has 2 heterocycles. The van der Waals surface area contributed by atoms with Gasteiger partial charge in [-0.3, -0.25) is 4.99 Å². The fourth-order valence-electron chi connectivity index (χ4n) is 3.86. The molecule has 2 aliphatic heterocycles. The van der Waals surface area contributed by atoms with Gasteiger partial charge in [0.15, 0.2) is 17.5 Å². The van der Waals surface area contributed by atoms with Crippen molar-refractivity contribution in [2.45, 2.75) is 57.8 Å². The molecule has 0 aliphatic carbocycles. The van der Waals surface area contributed by atoms with E-state index in [1.165, 1.54) is 18.9 Å². The molecule has 0 bridgehead atoms. The van der Waals surface area contributed by atoms with E-state index in [0.29, 0.717) is 25.5 Å². The van der Waals surface area contributed by atoms with Crippen LogP contribution in [0.15, 0.2) is 23.2 Å². The van der Waals surface area contributed by atoms with Crippen LogP contribution in [0.5, 0.6) is 5.75 Å². The fraction of sp³-hybridized carbons (Fsp3) is 0.682. The van der Waals surface area contributed by atoms with E-state index in [2.05, 4.69) is 15.2 Å². The van der Waals surface area contributed by atoms with Gasteiger partial charge in [0.25, 0.3) is 0 Å². The van der Waals surface area contributed by atoms with Gasteiger partial charge in [-0.15, -0.1) is 24.0 Å². The molecular weight excluding hydrogens is 500 g/mol. The zero-order valence-corrected chi connectivity index (χ0v) is 20.4. The molecule has 0 radical (unpaired) electrons. The van der Waals surface area contributed by atoms with Gasteiger partial charge in [-0.2, -0.15) is 0 Å². The molecule has 0 saturated carbocycles. The second-order valence-electron chi connectivity index (χ2n) is 7.61. The van der Waals surface area contributed by atoms with Crippen molar-refractivity contribution in [1.29, 1.82) is 0 Å². The summed E-state index contributed by atoms with van der Waals surface area (Å²) < 4.78 is 31.1. The minimum atomic E-state index is -0.332. The van der Waals surface area contributed by atoms with Gasteiger partial charge in [0.2, 0.25) is 0 Å². The van der Waals surface area contributed by atoms with Gasteiger partial charge in [-0.25, -0.2) is 4.39 Å². The first-order valence-electron chi connectivity index (χ1n) is 10.8. The number of aliphatic imine (C=N–C) groups is 1. The summed E-state index contributed by atoms with van der Waals surface area (Å²) >= 11 is 0. The van der Waals surface area contributed by atoms with E-state index in [0.717, 1.165) is 50.5 Å². The highest BCUT2D eigenvalue weighted by Crippen LogP contribution is 2.19. The minimum absolute atomic E-state index is 0. The predicted octanol–water partition coefficient (Wildman–Crippen LogP) is 3.97. The maximum atomic E-state index is 14.0. The number of hydrogen-bond donors (Lipinski definition) is 1. The number of hydrogen-bond acceptors (Lipinski definition) is 4. The molecule has 1 aromatic carbocycles. The summed E-state index contributed by atoms with van der Waals surface area (Å²) in [6.07, 6.45) is 6.04. The van der Waals surface area contributed by atoms with E-state index in [4.69, 9.17) is 14.2 Å². The molecule has 1 unspecified atom stereocenters. The van der Waals surface area contributed by atoms with E-state index in [1.807, 2.05) is 13.0 Å². The van der Waals surface area contributed by atoms with Crippen LogP contribution in [-0.2, 0) is 16.0 Å². The lowest BCUT2D eigenvalue weighted by atomic mass is 10.1. The lowest BCUT2D eigenvalue weighted by Crippen LogP contribution is -2.47. The van der Waals surface area contributed by atoms with E-state index in [9.17, 15) is 4.39 Å². The summed E-state index contributed by atoms with van der Waals surface area (Å²) in [5.41, 5.74) is 0.859. The summed E-state index contributed by atoms with van der Waals surface area (Å²) in [5.74, 6) is 0.802. The Morgan fingerprint density at radius 1 is 1.27 bits per heavy atom. The fourth-order valence-corrected chi connectivity index (χ4v) is 3.86. The molecule has 1 aromatic rings. The van der Waals surface area contributed by atoms with Gasteiger partial charge in [-0.1, -0.05) is 6.07 Å². The summed E-state index contributed by atoms with van der Waals surface area (Å²) in [5, 5.41) is 3.34. The second-order valence-corrected chi connectivity index (χ2v) is 7.61. The topological polar surface area (TPSA) is 55.3 Å². The Balaban J connectivity index is 0.00000320. The Hall–Kier alpha value is -1.13. The highest BCUT2D eigenvalue weighted by molar-refractivity contribution is 14.0. The van der Waals surface area contributed by atoms with Crippen LogP contribution in [0.25, 0.3) is 0 Å². The molecule has 6 nitrogen and oxygen atoms in total. The quantitative estimate of drug-likeness (QED) is 0.326. The monoisotopic (exact) mass is 535 g/mol. The Kier molecular flexibility index (Phi) is 11.2. The van der Waals surface area contributed by atoms with Gasteiger partial charge in [0, 0.05) is 33.3 Å². The summed E-state index contributed by atoms with van der Waals surface area (Å²) in [4.78, 5) is 6.63. The molecule has 0 amide bonds. The SMILES string of the molecule is CCOc1ccc(CNC(=NC)N2CCC(OCC3CCCCO3)CC2)cc1F.I. The molecule has 170 valence electrons. The maximum absolute atomic E-state index is 14.0. The third-order valence-electron chi connectivity index (χ3n) is 5.49. The summed E-state index contributed by atoms with van der Waals surface area (Å²) in [6.45, 7) is 6.19. The van der Waals surface area contributed by atoms with E-state index in [-0.39, 0.29) is 42.0 Å². The number of likely N-dealkylation sites (tertiary alicyclic amines) is 1. The highest BCUT2D eigenvalue weighted by Gasteiger charge is 2.23. The number of benzene rings is 1. The van der Waals surface area contributed by atoms with Gasteiger partial charge >= 0.3 is 0 Å². The Morgan fingerprint density at radius 2 is 2.07 bits per heavy atom. The molecule has 1 N–H and O–H groups in total. The first-order valence-corrected chi connectivity index (χ1v) is 10.8. The van der Waals surface area contributed by atoms with Crippen LogP contribution in [0.1, 0.15) is 44.6 Å². The third kappa shape index (κ3) is 7.53. The number of ether oxygens (including phenoxy) is 3. The molecule has 1 atom stereocenters. The molecule has 2 aliphatic rings. The van der Waals surface area contributed by atoms with E-state index < -0.39 is 0 Å². The zero-order chi connectivity index (χ0) is 20.5. The molecule has 30 heavy (non-hydrogen) atoms. The number of guanidine groups is 1. The lowest BCUT2D eigenvalue weighted by molar-refractivity contribution is -0.0721. The van der Waals surface area contributed by atoms with Crippen LogP contribution in [0, 0.1) is 5.82 Å². The van der Waals surface area contributed by atoms with Crippen molar-refractivity contribution in [1.82, 2.24) is 10.2 Å². The average molecular weight is 535 g/mol. The molecular formula is C22H35FIN3O3. The van der Waals surface area contributed by atoms with Crippen LogP contribution >= 0.6 is 24.0 Å². The zero-order valence-electron chi connectivity index (χ0n) is 18.1. The number of halogens is 2. The molecule has 3 rings (SSSR count). The molecule has 8 heteroatoms. The second kappa shape index (κ2) is 13.3. The summed E-state index contributed by atoms with van der Waals surface area (Å²) in [6, 6.07) is 5.07. The van der Waals surface area contributed by atoms with Gasteiger partial charge in [0.1, 0.15) is 0 Å². The first kappa shape index (κ1) is 25.1. The van der Waals surface area contributed by atoms with Gasteiger partial charge < -0.3 is 24.4 Å². The number of nitrogens with one attached hydrogen (secondary N) is 1. The van der Waals surface area contributed by atoms with Crippen LogP contribution in [0.4, 0.5) is 4.39 Å². The summed E-state index contributed by atoms with van der Waals surface area (Å²) in [7, 11) is 1.78. The standard InChI is InChI=1S/C22H34FN3O3.HI/c1-3-27-21-8-7-17(14-20(21)23)15-25-22(24-2)26-11-9-18(10-12-26)29-16-19-6-4-5-13-28-19;/h7-8,14,18-19H,3-6,9-13,15-16H2,1-2H3,(H,24,25);1H. The van der Waals surface area contributed by atoms with Crippen LogP contribution in [0.3, 0.4) is 0 Å². The van der Waals surface area contributed by atoms with Crippen molar-refractivity contribution in [3.05, 3.63) is 29.6 Å². The third-order valence-corrected chi connectivity index (χ3v) is 5.49. The Labute approximate surface area is 196 Å². The van der Waals surface area contributed by atoms with E-state index >= 15 is 0 Å². The Morgan fingerprint density at radius 3 is 2.70 bits per heavy atom. The largest absolute Gasteiger partial charge is 0.491 e. The van der Waals surface area contributed by atoms with Crippen molar-refractivity contribution in [2.24, 2.45) is 4.99 Å². The van der Waals surface area contributed by atoms with Crippen LogP contribution in [-0.4, -0.2) is 63.0 Å². The van der Waals surface area contributed by atoms with Crippen molar-refractivity contribution < 1.29 is 18.6 Å². The van der Waals surface area contributed by atoms with E-state index in [1.54, 1.807) is 13.1 Å². The first-order chi connectivity index (χ1) is 14.2. The lowest BCUT2D eigenvalue weighted by Gasteiger charge is -2.35. The molecule has 2 saturated heterocycles. The Bertz CT molecular complexity index is 663. The average Bonchev–Trinajstić information content (AvgIpc) is 2.76. The number of rotatable bonds is 7. The predicted molar refractivity (Wildman–Crippen MR) is 127 cm³/mol. The number of piperidine rings is 1. The molecule has 2 fully saturated rings.